The van der Waals surface area contributed by atoms with Crippen molar-refractivity contribution >= 4 is 16.9 Å². The number of carbonyl (C=O) groups is 1. The Labute approximate surface area is 133 Å². The fourth-order valence-electron chi connectivity index (χ4n) is 2.38. The van der Waals surface area contributed by atoms with Crippen molar-refractivity contribution in [2.45, 2.75) is 19.9 Å². The standard InChI is InChI=1S/C15H21N5O3/c1-8-6-10(13(21)18(3)9(2)7-16)17-12-11(8)14(22)20(5)15(23)19(12)4/h6,9H,7,16H2,1-5H3. The second-order valence-corrected chi connectivity index (χ2v) is 5.73. The Kier molecular flexibility index (Phi) is 4.37. The molecule has 2 aromatic heterocycles. The van der Waals surface area contributed by atoms with E-state index in [9.17, 15) is 14.4 Å². The second-order valence-electron chi connectivity index (χ2n) is 5.73. The van der Waals surface area contributed by atoms with Gasteiger partial charge in [-0.25, -0.2) is 9.78 Å². The van der Waals surface area contributed by atoms with E-state index in [1.165, 1.54) is 23.6 Å². The van der Waals surface area contributed by atoms with E-state index in [2.05, 4.69) is 4.98 Å². The number of aryl methyl sites for hydroxylation is 2. The number of nitrogens with two attached hydrogens (primary N) is 1. The molecular weight excluding hydrogens is 298 g/mol. The Morgan fingerprint density at radius 3 is 2.52 bits per heavy atom. The predicted octanol–water partition coefficient (Wildman–Crippen LogP) is -0.640. The van der Waals surface area contributed by atoms with Crippen molar-refractivity contribution < 1.29 is 4.79 Å². The van der Waals surface area contributed by atoms with E-state index in [4.69, 9.17) is 5.73 Å². The summed E-state index contributed by atoms with van der Waals surface area (Å²) in [5.41, 5.74) is 5.67. The molecule has 23 heavy (non-hydrogen) atoms. The van der Waals surface area contributed by atoms with E-state index in [1.54, 1.807) is 20.0 Å². The van der Waals surface area contributed by atoms with Gasteiger partial charge < -0.3 is 10.6 Å². The summed E-state index contributed by atoms with van der Waals surface area (Å²) < 4.78 is 2.30. The van der Waals surface area contributed by atoms with Gasteiger partial charge in [0, 0.05) is 33.7 Å². The lowest BCUT2D eigenvalue weighted by Gasteiger charge is -2.23. The number of pyridine rings is 1. The van der Waals surface area contributed by atoms with Crippen molar-refractivity contribution in [1.29, 1.82) is 0 Å². The van der Waals surface area contributed by atoms with Crippen LogP contribution in [0.3, 0.4) is 0 Å². The number of nitrogens with zero attached hydrogens (tertiary/aromatic N) is 4. The van der Waals surface area contributed by atoms with Gasteiger partial charge in [0.25, 0.3) is 11.5 Å². The molecule has 0 aliphatic heterocycles. The molecule has 0 fully saturated rings. The molecule has 0 spiro atoms. The van der Waals surface area contributed by atoms with Crippen molar-refractivity contribution in [3.8, 4) is 0 Å². The largest absolute Gasteiger partial charge is 0.336 e. The van der Waals surface area contributed by atoms with E-state index in [0.29, 0.717) is 17.5 Å². The van der Waals surface area contributed by atoms with Crippen molar-refractivity contribution in [3.05, 3.63) is 38.2 Å². The first-order valence-electron chi connectivity index (χ1n) is 7.25. The van der Waals surface area contributed by atoms with Crippen LogP contribution in [0, 0.1) is 6.92 Å². The number of hydrogen-bond donors (Lipinski definition) is 1. The second kappa shape index (κ2) is 5.96. The number of likely N-dealkylation sites (N-methyl/N-ethyl adjacent to an activating group) is 1. The van der Waals surface area contributed by atoms with Crippen molar-refractivity contribution in [2.24, 2.45) is 19.8 Å². The van der Waals surface area contributed by atoms with Crippen molar-refractivity contribution in [2.75, 3.05) is 13.6 Å². The molecular formula is C15H21N5O3. The summed E-state index contributed by atoms with van der Waals surface area (Å²) in [5, 5.41) is 0.334. The minimum atomic E-state index is -0.484. The molecule has 2 N–H and O–H groups in total. The third-order valence-corrected chi connectivity index (χ3v) is 4.15. The van der Waals surface area contributed by atoms with Gasteiger partial charge in [0.15, 0.2) is 0 Å². The lowest BCUT2D eigenvalue weighted by atomic mass is 10.1. The fraction of sp³-hybridized carbons (Fsp3) is 0.467. The number of amides is 1. The first-order chi connectivity index (χ1) is 10.7. The van der Waals surface area contributed by atoms with Crippen LogP contribution in [0.15, 0.2) is 15.7 Å². The molecule has 2 rings (SSSR count). The Bertz CT molecular complexity index is 897. The first kappa shape index (κ1) is 16.9. The quantitative estimate of drug-likeness (QED) is 0.810. The molecule has 0 bridgehead atoms. The normalized spacial score (nSPS) is 12.4. The van der Waals surface area contributed by atoms with Gasteiger partial charge in [0.2, 0.25) is 0 Å². The molecule has 0 aromatic carbocycles. The summed E-state index contributed by atoms with van der Waals surface area (Å²) in [6, 6.07) is 1.42. The van der Waals surface area contributed by atoms with E-state index in [0.717, 1.165) is 4.57 Å². The van der Waals surface area contributed by atoms with Gasteiger partial charge in [0.1, 0.15) is 11.3 Å². The maximum Gasteiger partial charge on any atom is 0.332 e. The highest BCUT2D eigenvalue weighted by Crippen LogP contribution is 2.14. The molecule has 0 saturated heterocycles. The number of hydrogen-bond acceptors (Lipinski definition) is 5. The molecule has 0 aliphatic carbocycles. The van der Waals surface area contributed by atoms with Crippen LogP contribution in [0.2, 0.25) is 0 Å². The maximum absolute atomic E-state index is 12.5. The van der Waals surface area contributed by atoms with Crippen molar-refractivity contribution in [1.82, 2.24) is 19.0 Å². The van der Waals surface area contributed by atoms with Gasteiger partial charge in [-0.3, -0.25) is 18.7 Å². The summed E-state index contributed by atoms with van der Waals surface area (Å²) in [5.74, 6) is -0.305. The van der Waals surface area contributed by atoms with Crippen LogP contribution in [-0.4, -0.2) is 44.6 Å². The zero-order valence-electron chi connectivity index (χ0n) is 14.0. The highest BCUT2D eigenvalue weighted by Gasteiger charge is 2.21. The van der Waals surface area contributed by atoms with Gasteiger partial charge >= 0.3 is 5.69 Å². The van der Waals surface area contributed by atoms with E-state index >= 15 is 0 Å². The third-order valence-electron chi connectivity index (χ3n) is 4.15. The summed E-state index contributed by atoms with van der Waals surface area (Å²) in [7, 11) is 4.58. The zero-order chi connectivity index (χ0) is 17.5. The fourth-order valence-corrected chi connectivity index (χ4v) is 2.38. The van der Waals surface area contributed by atoms with Crippen LogP contribution >= 0.6 is 0 Å². The number of rotatable bonds is 3. The molecule has 8 heteroatoms. The topological polar surface area (TPSA) is 103 Å². The number of fused-ring (bicyclic) bond motifs is 1. The van der Waals surface area contributed by atoms with Gasteiger partial charge in [-0.1, -0.05) is 0 Å². The Morgan fingerprint density at radius 1 is 1.35 bits per heavy atom. The van der Waals surface area contributed by atoms with Gasteiger partial charge in [-0.15, -0.1) is 0 Å². The monoisotopic (exact) mass is 319 g/mol. The van der Waals surface area contributed by atoms with Crippen LogP contribution in [0.25, 0.3) is 11.0 Å². The Hall–Kier alpha value is -2.48. The summed E-state index contributed by atoms with van der Waals surface area (Å²) in [6.07, 6.45) is 0. The summed E-state index contributed by atoms with van der Waals surface area (Å²) in [6.45, 7) is 3.88. The van der Waals surface area contributed by atoms with Gasteiger partial charge in [-0.2, -0.15) is 0 Å². The molecule has 2 heterocycles. The van der Waals surface area contributed by atoms with E-state index in [1.807, 2.05) is 6.92 Å². The zero-order valence-corrected chi connectivity index (χ0v) is 14.0. The van der Waals surface area contributed by atoms with Crippen LogP contribution in [0.4, 0.5) is 0 Å². The number of carbonyl (C=O) groups excluding carboxylic acids is 1. The summed E-state index contributed by atoms with van der Waals surface area (Å²) in [4.78, 5) is 42.6. The Morgan fingerprint density at radius 2 is 1.96 bits per heavy atom. The third kappa shape index (κ3) is 2.65. The molecule has 0 aliphatic rings. The van der Waals surface area contributed by atoms with Gasteiger partial charge in [0.05, 0.1) is 5.39 Å². The average molecular weight is 319 g/mol. The van der Waals surface area contributed by atoms with Crippen LogP contribution in [0.1, 0.15) is 23.0 Å². The van der Waals surface area contributed by atoms with Crippen LogP contribution in [-0.2, 0) is 14.1 Å². The maximum atomic E-state index is 12.5. The smallest absolute Gasteiger partial charge is 0.332 e. The van der Waals surface area contributed by atoms with E-state index < -0.39 is 11.2 Å². The average Bonchev–Trinajstić information content (AvgIpc) is 2.55. The molecule has 1 atom stereocenters. The Balaban J connectivity index is 2.74. The molecule has 8 nitrogen and oxygen atoms in total. The lowest BCUT2D eigenvalue weighted by Crippen LogP contribution is -2.41. The summed E-state index contributed by atoms with van der Waals surface area (Å²) >= 11 is 0. The highest BCUT2D eigenvalue weighted by molar-refractivity contribution is 5.95. The molecule has 124 valence electrons. The lowest BCUT2D eigenvalue weighted by molar-refractivity contribution is 0.0742. The molecule has 0 radical (unpaired) electrons. The van der Waals surface area contributed by atoms with Crippen LogP contribution in [0.5, 0.6) is 0 Å². The van der Waals surface area contributed by atoms with Crippen LogP contribution < -0.4 is 17.0 Å². The predicted molar refractivity (Wildman–Crippen MR) is 87.6 cm³/mol. The van der Waals surface area contributed by atoms with E-state index in [-0.39, 0.29) is 23.3 Å². The molecule has 0 saturated carbocycles. The van der Waals surface area contributed by atoms with Gasteiger partial charge in [-0.05, 0) is 25.5 Å². The molecule has 2 aromatic rings. The SMILES string of the molecule is Cc1cc(C(=O)N(C)C(C)CN)nc2c1c(=O)n(C)c(=O)n2C. The molecule has 1 unspecified atom stereocenters. The first-order valence-corrected chi connectivity index (χ1v) is 7.25. The molecule has 1 amide bonds. The van der Waals surface area contributed by atoms with Crippen molar-refractivity contribution in [3.63, 3.8) is 0 Å². The number of aromatic nitrogens is 3. The minimum absolute atomic E-state index is 0.146. The highest BCUT2D eigenvalue weighted by atomic mass is 16.2. The minimum Gasteiger partial charge on any atom is -0.336 e.